The summed E-state index contributed by atoms with van der Waals surface area (Å²) < 4.78 is 6.07. The van der Waals surface area contributed by atoms with Gasteiger partial charge in [-0.2, -0.15) is 5.10 Å². The lowest BCUT2D eigenvalue weighted by Gasteiger charge is -2.07. The molecule has 18 heavy (non-hydrogen) atoms. The van der Waals surface area contributed by atoms with E-state index in [-0.39, 0.29) is 0 Å². The van der Waals surface area contributed by atoms with E-state index in [0.29, 0.717) is 12.4 Å². The van der Waals surface area contributed by atoms with Crippen LogP contribution in [0.3, 0.4) is 0 Å². The second-order valence-electron chi connectivity index (χ2n) is 3.88. The van der Waals surface area contributed by atoms with E-state index in [9.17, 15) is 0 Å². The molecule has 1 aromatic heterocycles. The Morgan fingerprint density at radius 2 is 2.06 bits per heavy atom. The van der Waals surface area contributed by atoms with Crippen molar-refractivity contribution in [3.8, 4) is 5.88 Å². The quantitative estimate of drug-likeness (QED) is 0.942. The van der Waals surface area contributed by atoms with Crippen molar-refractivity contribution in [3.63, 3.8) is 0 Å². The van der Waals surface area contributed by atoms with Gasteiger partial charge in [-0.05, 0) is 36.8 Å². The number of halogens is 1. The predicted molar refractivity (Wildman–Crippen MR) is 74.8 cm³/mol. The Morgan fingerprint density at radius 1 is 1.22 bits per heavy atom. The molecule has 0 unspecified atom stereocenters. The number of nitrogens with zero attached hydrogens (tertiary/aromatic N) is 2. The summed E-state index contributed by atoms with van der Waals surface area (Å²) in [5.74, 6) is 0.526. The van der Waals surface area contributed by atoms with E-state index in [2.05, 4.69) is 44.4 Å². The van der Waals surface area contributed by atoms with Crippen molar-refractivity contribution in [1.29, 1.82) is 0 Å². The van der Waals surface area contributed by atoms with Gasteiger partial charge in [0, 0.05) is 16.2 Å². The summed E-state index contributed by atoms with van der Waals surface area (Å²) in [6, 6.07) is 9.83. The Kier molecular flexibility index (Phi) is 4.15. The maximum Gasteiger partial charge on any atom is 0.233 e. The molecule has 4 nitrogen and oxygen atoms in total. The lowest BCUT2D eigenvalue weighted by molar-refractivity contribution is 0.391. The van der Waals surface area contributed by atoms with Gasteiger partial charge in [0.2, 0.25) is 5.88 Å². The molecule has 94 valence electrons. The molecule has 0 saturated carbocycles. The van der Waals surface area contributed by atoms with Crippen molar-refractivity contribution in [2.45, 2.75) is 13.5 Å². The number of hydrogen-bond donors (Lipinski definition) is 1. The van der Waals surface area contributed by atoms with E-state index in [1.807, 2.05) is 18.2 Å². The van der Waals surface area contributed by atoms with Gasteiger partial charge in [0.15, 0.2) is 0 Å². The van der Waals surface area contributed by atoms with E-state index < -0.39 is 0 Å². The molecule has 2 rings (SSSR count). The van der Waals surface area contributed by atoms with Crippen LogP contribution in [0.2, 0.25) is 0 Å². The van der Waals surface area contributed by atoms with E-state index >= 15 is 0 Å². The van der Waals surface area contributed by atoms with Gasteiger partial charge in [0.1, 0.15) is 0 Å². The SMILES string of the molecule is COc1ccc(CNc2ccc(Br)c(C)c2)nn1. The minimum Gasteiger partial charge on any atom is -0.480 e. The highest BCUT2D eigenvalue weighted by Gasteiger charge is 2.00. The molecule has 0 amide bonds. The van der Waals surface area contributed by atoms with Crippen LogP contribution in [-0.4, -0.2) is 17.3 Å². The van der Waals surface area contributed by atoms with Gasteiger partial charge in [0.05, 0.1) is 19.3 Å². The van der Waals surface area contributed by atoms with Crippen molar-refractivity contribution >= 4 is 21.6 Å². The number of ether oxygens (including phenoxy) is 1. The first-order chi connectivity index (χ1) is 8.69. The molecule has 0 spiro atoms. The van der Waals surface area contributed by atoms with Gasteiger partial charge in [-0.3, -0.25) is 0 Å². The van der Waals surface area contributed by atoms with E-state index in [0.717, 1.165) is 15.9 Å². The number of anilines is 1. The van der Waals surface area contributed by atoms with Crippen molar-refractivity contribution in [1.82, 2.24) is 10.2 Å². The average Bonchev–Trinajstić information content (AvgIpc) is 2.41. The fourth-order valence-electron chi connectivity index (χ4n) is 1.50. The van der Waals surface area contributed by atoms with Gasteiger partial charge in [0.25, 0.3) is 0 Å². The smallest absolute Gasteiger partial charge is 0.233 e. The number of hydrogen-bond acceptors (Lipinski definition) is 4. The first-order valence-electron chi connectivity index (χ1n) is 5.55. The summed E-state index contributed by atoms with van der Waals surface area (Å²) in [4.78, 5) is 0. The zero-order valence-electron chi connectivity index (χ0n) is 10.3. The van der Waals surface area contributed by atoms with Crippen molar-refractivity contribution in [2.24, 2.45) is 0 Å². The largest absolute Gasteiger partial charge is 0.480 e. The van der Waals surface area contributed by atoms with Crippen LogP contribution in [0.5, 0.6) is 5.88 Å². The van der Waals surface area contributed by atoms with Crippen LogP contribution in [0.1, 0.15) is 11.3 Å². The number of aryl methyl sites for hydroxylation is 1. The fourth-order valence-corrected chi connectivity index (χ4v) is 1.74. The third-order valence-corrected chi connectivity index (χ3v) is 3.43. The zero-order valence-corrected chi connectivity index (χ0v) is 11.9. The number of rotatable bonds is 4. The van der Waals surface area contributed by atoms with Crippen LogP contribution in [-0.2, 0) is 6.54 Å². The second-order valence-corrected chi connectivity index (χ2v) is 4.74. The second kappa shape index (κ2) is 5.82. The molecule has 0 saturated heterocycles. The molecule has 1 heterocycles. The molecule has 0 aliphatic rings. The molecular weight excluding hydrogens is 294 g/mol. The highest BCUT2D eigenvalue weighted by atomic mass is 79.9. The minimum absolute atomic E-state index is 0.526. The number of benzene rings is 1. The van der Waals surface area contributed by atoms with Gasteiger partial charge in [-0.25, -0.2) is 0 Å². The Labute approximate surface area is 115 Å². The van der Waals surface area contributed by atoms with Gasteiger partial charge >= 0.3 is 0 Å². The lowest BCUT2D eigenvalue weighted by atomic mass is 10.2. The minimum atomic E-state index is 0.526. The third-order valence-electron chi connectivity index (χ3n) is 2.54. The number of methoxy groups -OCH3 is 1. The molecule has 0 fully saturated rings. The van der Waals surface area contributed by atoms with Crippen LogP contribution >= 0.6 is 15.9 Å². The standard InChI is InChI=1S/C13H14BrN3O/c1-9-7-10(3-5-12(9)14)15-8-11-4-6-13(18-2)17-16-11/h3-7,15H,8H2,1-2H3. The third kappa shape index (κ3) is 3.20. The molecule has 0 radical (unpaired) electrons. The Hall–Kier alpha value is -1.62. The summed E-state index contributed by atoms with van der Waals surface area (Å²) in [5.41, 5.74) is 3.13. The van der Waals surface area contributed by atoms with E-state index in [1.54, 1.807) is 13.2 Å². The maximum absolute atomic E-state index is 4.96. The fraction of sp³-hybridized carbons (Fsp3) is 0.231. The van der Waals surface area contributed by atoms with Crippen LogP contribution in [0.15, 0.2) is 34.8 Å². The Morgan fingerprint density at radius 3 is 2.67 bits per heavy atom. The number of nitrogens with one attached hydrogen (secondary N) is 1. The first-order valence-corrected chi connectivity index (χ1v) is 6.35. The van der Waals surface area contributed by atoms with Crippen LogP contribution in [0.25, 0.3) is 0 Å². The zero-order chi connectivity index (χ0) is 13.0. The van der Waals surface area contributed by atoms with Crippen molar-refractivity contribution in [2.75, 3.05) is 12.4 Å². The highest BCUT2D eigenvalue weighted by Crippen LogP contribution is 2.20. The summed E-state index contributed by atoms with van der Waals surface area (Å²) >= 11 is 3.48. The van der Waals surface area contributed by atoms with E-state index in [4.69, 9.17) is 4.74 Å². The highest BCUT2D eigenvalue weighted by molar-refractivity contribution is 9.10. The molecule has 0 bridgehead atoms. The van der Waals surface area contributed by atoms with Crippen LogP contribution in [0.4, 0.5) is 5.69 Å². The van der Waals surface area contributed by atoms with Crippen LogP contribution in [0, 0.1) is 6.92 Å². The molecule has 1 N–H and O–H groups in total. The Balaban J connectivity index is 1.99. The maximum atomic E-state index is 4.96. The van der Waals surface area contributed by atoms with Gasteiger partial charge in [-0.15, -0.1) is 5.10 Å². The normalized spacial score (nSPS) is 10.2. The first kappa shape index (κ1) is 12.8. The van der Waals surface area contributed by atoms with Crippen molar-refractivity contribution in [3.05, 3.63) is 46.1 Å². The molecule has 0 aliphatic heterocycles. The Bertz CT molecular complexity index is 528. The monoisotopic (exact) mass is 307 g/mol. The van der Waals surface area contributed by atoms with E-state index in [1.165, 1.54) is 5.56 Å². The molecular formula is C13H14BrN3O. The van der Waals surface area contributed by atoms with Gasteiger partial charge in [-0.1, -0.05) is 15.9 Å². The molecule has 1 aromatic carbocycles. The molecule has 5 heteroatoms. The lowest BCUT2D eigenvalue weighted by Crippen LogP contribution is -2.03. The van der Waals surface area contributed by atoms with Crippen LogP contribution < -0.4 is 10.1 Å². The van der Waals surface area contributed by atoms with Gasteiger partial charge < -0.3 is 10.1 Å². The molecule has 2 aromatic rings. The topological polar surface area (TPSA) is 47.0 Å². The summed E-state index contributed by atoms with van der Waals surface area (Å²) in [6.07, 6.45) is 0. The van der Waals surface area contributed by atoms with Crippen molar-refractivity contribution < 1.29 is 4.74 Å². The molecule has 0 aliphatic carbocycles. The summed E-state index contributed by atoms with van der Waals surface area (Å²) in [6.45, 7) is 2.69. The predicted octanol–water partition coefficient (Wildman–Crippen LogP) is 3.17. The molecule has 0 atom stereocenters. The summed E-state index contributed by atoms with van der Waals surface area (Å²) in [5, 5.41) is 11.3. The summed E-state index contributed by atoms with van der Waals surface area (Å²) in [7, 11) is 1.58. The average molecular weight is 308 g/mol. The number of aromatic nitrogens is 2.